The summed E-state index contributed by atoms with van der Waals surface area (Å²) in [5.41, 5.74) is 1.54. The number of hydrogen-bond donors (Lipinski definition) is 1. The highest BCUT2D eigenvalue weighted by atomic mass is 79.9. The van der Waals surface area contributed by atoms with Crippen molar-refractivity contribution < 1.29 is 4.79 Å². The average molecular weight is 312 g/mol. The van der Waals surface area contributed by atoms with Gasteiger partial charge in [-0.1, -0.05) is 22.0 Å². The van der Waals surface area contributed by atoms with Crippen molar-refractivity contribution >= 4 is 38.5 Å². The van der Waals surface area contributed by atoms with Gasteiger partial charge in [-0.25, -0.2) is 4.98 Å². The molecule has 0 fully saturated rings. The summed E-state index contributed by atoms with van der Waals surface area (Å²) in [4.78, 5) is 16.1. The molecule has 0 saturated heterocycles. The molecule has 0 aliphatic heterocycles. The fourth-order valence-corrected chi connectivity index (χ4v) is 2.30. The fraction of sp³-hybridized carbons (Fsp3) is 0.182. The number of aromatic nitrogens is 2. The Morgan fingerprint density at radius 1 is 1.41 bits per heavy atom. The number of rotatable bonds is 2. The van der Waals surface area contributed by atoms with E-state index in [-0.39, 0.29) is 5.91 Å². The van der Waals surface area contributed by atoms with Crippen molar-refractivity contribution in [1.29, 1.82) is 0 Å². The summed E-state index contributed by atoms with van der Waals surface area (Å²) in [7, 11) is 0. The number of nitrogens with one attached hydrogen (secondary N) is 1. The second kappa shape index (κ2) is 4.93. The molecular formula is C11H10BrN3OS. The van der Waals surface area contributed by atoms with Gasteiger partial charge in [0.05, 0.1) is 0 Å². The lowest BCUT2D eigenvalue weighted by Gasteiger charge is -2.06. The summed E-state index contributed by atoms with van der Waals surface area (Å²) in [5, 5.41) is 3.25. The van der Waals surface area contributed by atoms with E-state index in [0.29, 0.717) is 16.5 Å². The Labute approximate surface area is 111 Å². The van der Waals surface area contributed by atoms with Gasteiger partial charge in [0.1, 0.15) is 5.82 Å². The average Bonchev–Trinajstić information content (AvgIpc) is 2.68. The molecule has 17 heavy (non-hydrogen) atoms. The van der Waals surface area contributed by atoms with Crippen molar-refractivity contribution in [3.05, 3.63) is 39.6 Å². The standard InChI is InChI=1S/C11H10BrN3OS/c1-6-8(4-3-5-9(6)12)10(16)14-11-13-7(2)15-17-11/h3-5H,1-2H3,(H,13,14,15,16). The summed E-state index contributed by atoms with van der Waals surface area (Å²) in [6.07, 6.45) is 0. The Bertz CT molecular complexity index is 568. The van der Waals surface area contributed by atoms with E-state index in [9.17, 15) is 4.79 Å². The van der Waals surface area contributed by atoms with E-state index in [4.69, 9.17) is 0 Å². The number of anilines is 1. The molecule has 0 aliphatic carbocycles. The van der Waals surface area contributed by atoms with E-state index in [1.807, 2.05) is 19.1 Å². The molecule has 6 heteroatoms. The molecule has 4 nitrogen and oxygen atoms in total. The molecule has 1 aromatic carbocycles. The number of hydrogen-bond acceptors (Lipinski definition) is 4. The van der Waals surface area contributed by atoms with E-state index < -0.39 is 0 Å². The van der Waals surface area contributed by atoms with Crippen LogP contribution in [-0.4, -0.2) is 15.3 Å². The van der Waals surface area contributed by atoms with Gasteiger partial charge in [0, 0.05) is 21.6 Å². The van der Waals surface area contributed by atoms with Gasteiger partial charge in [-0.05, 0) is 31.5 Å². The normalized spacial score (nSPS) is 10.3. The van der Waals surface area contributed by atoms with E-state index in [1.54, 1.807) is 13.0 Å². The lowest BCUT2D eigenvalue weighted by Crippen LogP contribution is -2.13. The molecule has 0 aliphatic rings. The lowest BCUT2D eigenvalue weighted by molar-refractivity contribution is 0.102. The zero-order chi connectivity index (χ0) is 12.4. The Morgan fingerprint density at radius 2 is 2.18 bits per heavy atom. The highest BCUT2D eigenvalue weighted by Gasteiger charge is 2.12. The maximum Gasteiger partial charge on any atom is 0.257 e. The largest absolute Gasteiger partial charge is 0.297 e. The summed E-state index contributed by atoms with van der Waals surface area (Å²) in [5.74, 6) is 0.496. The molecule has 1 heterocycles. The SMILES string of the molecule is Cc1nsc(NC(=O)c2cccc(Br)c2C)n1. The number of amides is 1. The van der Waals surface area contributed by atoms with Crippen molar-refractivity contribution in [3.8, 4) is 0 Å². The van der Waals surface area contributed by atoms with Crippen LogP contribution in [0.25, 0.3) is 0 Å². The minimum absolute atomic E-state index is 0.167. The molecule has 2 rings (SSSR count). The van der Waals surface area contributed by atoms with Gasteiger partial charge in [0.25, 0.3) is 5.91 Å². The van der Waals surface area contributed by atoms with Crippen molar-refractivity contribution in [1.82, 2.24) is 9.36 Å². The third-order valence-corrected chi connectivity index (χ3v) is 3.84. The van der Waals surface area contributed by atoms with Crippen LogP contribution in [-0.2, 0) is 0 Å². The quantitative estimate of drug-likeness (QED) is 0.926. The summed E-state index contributed by atoms with van der Waals surface area (Å²) in [6, 6.07) is 5.52. The van der Waals surface area contributed by atoms with Crippen LogP contribution < -0.4 is 5.32 Å². The number of benzene rings is 1. The number of carbonyl (C=O) groups excluding carboxylic acids is 1. The molecule has 1 amide bonds. The van der Waals surface area contributed by atoms with Crippen LogP contribution in [0.15, 0.2) is 22.7 Å². The fourth-order valence-electron chi connectivity index (χ4n) is 1.37. The van der Waals surface area contributed by atoms with E-state index in [0.717, 1.165) is 10.0 Å². The Kier molecular flexibility index (Phi) is 3.54. The molecule has 2 aromatic rings. The number of aryl methyl sites for hydroxylation is 1. The van der Waals surface area contributed by atoms with Crippen LogP contribution in [0, 0.1) is 13.8 Å². The van der Waals surface area contributed by atoms with Crippen LogP contribution in [0.1, 0.15) is 21.7 Å². The van der Waals surface area contributed by atoms with Gasteiger partial charge in [-0.2, -0.15) is 4.37 Å². The summed E-state index contributed by atoms with van der Waals surface area (Å²) in [6.45, 7) is 3.68. The van der Waals surface area contributed by atoms with Gasteiger partial charge >= 0.3 is 0 Å². The monoisotopic (exact) mass is 311 g/mol. The van der Waals surface area contributed by atoms with Crippen LogP contribution in [0.2, 0.25) is 0 Å². The number of carbonyl (C=O) groups is 1. The van der Waals surface area contributed by atoms with Gasteiger partial charge in [-0.3, -0.25) is 10.1 Å². The molecule has 0 radical (unpaired) electrons. The van der Waals surface area contributed by atoms with Gasteiger partial charge < -0.3 is 0 Å². The minimum atomic E-state index is -0.167. The van der Waals surface area contributed by atoms with Crippen LogP contribution in [0.3, 0.4) is 0 Å². The summed E-state index contributed by atoms with van der Waals surface area (Å²) < 4.78 is 4.93. The van der Waals surface area contributed by atoms with Crippen LogP contribution in [0.4, 0.5) is 5.13 Å². The molecule has 88 valence electrons. The molecule has 0 spiro atoms. The van der Waals surface area contributed by atoms with Crippen molar-refractivity contribution in [2.45, 2.75) is 13.8 Å². The molecular weight excluding hydrogens is 302 g/mol. The maximum atomic E-state index is 12.0. The maximum absolute atomic E-state index is 12.0. The second-order valence-corrected chi connectivity index (χ2v) is 5.12. The van der Waals surface area contributed by atoms with Crippen molar-refractivity contribution in [2.75, 3.05) is 5.32 Å². The second-order valence-electron chi connectivity index (χ2n) is 3.51. The predicted octanol–water partition coefficient (Wildman–Crippen LogP) is 3.17. The molecule has 0 atom stereocenters. The first kappa shape index (κ1) is 12.2. The Hall–Kier alpha value is -1.27. The summed E-state index contributed by atoms with van der Waals surface area (Å²) >= 11 is 4.58. The lowest BCUT2D eigenvalue weighted by atomic mass is 10.1. The van der Waals surface area contributed by atoms with Crippen LogP contribution >= 0.6 is 27.5 Å². The van der Waals surface area contributed by atoms with Crippen LogP contribution in [0.5, 0.6) is 0 Å². The van der Waals surface area contributed by atoms with E-state index in [1.165, 1.54) is 11.5 Å². The van der Waals surface area contributed by atoms with Crippen molar-refractivity contribution in [2.24, 2.45) is 0 Å². The zero-order valence-electron chi connectivity index (χ0n) is 9.32. The molecule has 0 bridgehead atoms. The Morgan fingerprint density at radius 3 is 2.82 bits per heavy atom. The highest BCUT2D eigenvalue weighted by molar-refractivity contribution is 9.10. The predicted molar refractivity (Wildman–Crippen MR) is 71.5 cm³/mol. The molecule has 0 unspecified atom stereocenters. The zero-order valence-corrected chi connectivity index (χ0v) is 11.7. The number of halogens is 1. The van der Waals surface area contributed by atoms with E-state index >= 15 is 0 Å². The third-order valence-electron chi connectivity index (χ3n) is 2.26. The molecule has 1 aromatic heterocycles. The smallest absolute Gasteiger partial charge is 0.257 e. The highest BCUT2D eigenvalue weighted by Crippen LogP contribution is 2.20. The van der Waals surface area contributed by atoms with Gasteiger partial charge in [-0.15, -0.1) is 0 Å². The molecule has 1 N–H and O–H groups in total. The van der Waals surface area contributed by atoms with Gasteiger partial charge in [0.2, 0.25) is 5.13 Å². The Balaban J connectivity index is 2.23. The first-order valence-corrected chi connectivity index (χ1v) is 6.51. The topological polar surface area (TPSA) is 54.9 Å². The first-order valence-electron chi connectivity index (χ1n) is 4.94. The minimum Gasteiger partial charge on any atom is -0.297 e. The first-order chi connectivity index (χ1) is 8.08. The number of nitrogens with zero attached hydrogens (tertiary/aromatic N) is 2. The van der Waals surface area contributed by atoms with Gasteiger partial charge in [0.15, 0.2) is 0 Å². The van der Waals surface area contributed by atoms with Crippen molar-refractivity contribution in [3.63, 3.8) is 0 Å². The third kappa shape index (κ3) is 2.70. The molecule has 0 saturated carbocycles. The van der Waals surface area contributed by atoms with E-state index in [2.05, 4.69) is 30.6 Å².